The van der Waals surface area contributed by atoms with Gasteiger partial charge in [-0.05, 0) is 55.3 Å². The summed E-state index contributed by atoms with van der Waals surface area (Å²) in [6, 6.07) is 24.0. The Morgan fingerprint density at radius 2 is 1.78 bits per heavy atom. The number of hydrogen-bond acceptors (Lipinski definition) is 5. The third-order valence-corrected chi connectivity index (χ3v) is 6.79. The summed E-state index contributed by atoms with van der Waals surface area (Å²) in [7, 11) is 3.51. The zero-order chi connectivity index (χ0) is 26.4. The molecule has 1 amide bonds. The van der Waals surface area contributed by atoms with Crippen LogP contribution < -0.4 is 9.22 Å². The van der Waals surface area contributed by atoms with Crippen LogP contribution in [0.1, 0.15) is 28.4 Å². The van der Waals surface area contributed by atoms with E-state index in [0.29, 0.717) is 43.1 Å². The summed E-state index contributed by atoms with van der Waals surface area (Å²) in [5.74, 6) is 0.343. The standard InChI is InChI=1S/C30H35N2O5/c1-5-36-28(30(34)35-4)20-23-12-14-25(15-13-23)37-18-17-31-21-32(3,24-9-7-6-8-10-24)27-16-11-22(2)19-26(27)29(31)33/h6-16,19,28H,5,17-18,20-21H2,1-4H3/q+1. The monoisotopic (exact) mass is 503 g/mol. The maximum absolute atomic E-state index is 13.4. The van der Waals surface area contributed by atoms with E-state index in [1.54, 1.807) is 0 Å². The number of rotatable bonds is 10. The molecule has 7 nitrogen and oxygen atoms in total. The molecule has 0 fully saturated rings. The molecule has 0 saturated heterocycles. The molecule has 2 unspecified atom stereocenters. The molecule has 37 heavy (non-hydrogen) atoms. The van der Waals surface area contributed by atoms with Crippen LogP contribution >= 0.6 is 0 Å². The number of amides is 1. The predicted octanol–water partition coefficient (Wildman–Crippen LogP) is 4.88. The number of benzene rings is 3. The first kappa shape index (κ1) is 26.4. The summed E-state index contributed by atoms with van der Waals surface area (Å²) in [6.45, 7) is 5.64. The van der Waals surface area contributed by atoms with Gasteiger partial charge < -0.3 is 14.2 Å². The number of ether oxygens (including phenoxy) is 3. The normalized spacial score (nSPS) is 17.7. The lowest BCUT2D eigenvalue weighted by molar-refractivity contribution is -0.153. The fraction of sp³-hybridized carbons (Fsp3) is 0.333. The Morgan fingerprint density at radius 1 is 1.05 bits per heavy atom. The second-order valence-corrected chi connectivity index (χ2v) is 9.42. The van der Waals surface area contributed by atoms with Crippen molar-refractivity contribution >= 4 is 23.3 Å². The SMILES string of the molecule is CCOC(Cc1ccc(OCCN2C[N+](C)(c3ccccc3)c3ccc(C)cc3C2=O)cc1)C(=O)OC. The summed E-state index contributed by atoms with van der Waals surface area (Å²) in [6.07, 6.45) is -0.201. The highest BCUT2D eigenvalue weighted by molar-refractivity contribution is 6.01. The predicted molar refractivity (Wildman–Crippen MR) is 144 cm³/mol. The molecule has 0 aliphatic carbocycles. The first-order valence-corrected chi connectivity index (χ1v) is 12.6. The van der Waals surface area contributed by atoms with Crippen LogP contribution in [0.25, 0.3) is 0 Å². The zero-order valence-corrected chi connectivity index (χ0v) is 22.0. The smallest absolute Gasteiger partial charge is 0.335 e. The number of carbonyl (C=O) groups is 2. The number of para-hydroxylation sites is 1. The molecule has 1 aliphatic rings. The molecule has 0 radical (unpaired) electrons. The summed E-state index contributed by atoms with van der Waals surface area (Å²) >= 11 is 0. The van der Waals surface area contributed by atoms with Gasteiger partial charge in [0.05, 0.1) is 20.7 Å². The van der Waals surface area contributed by atoms with Crippen molar-refractivity contribution in [2.75, 3.05) is 40.6 Å². The van der Waals surface area contributed by atoms with Crippen LogP contribution in [0, 0.1) is 6.92 Å². The minimum Gasteiger partial charge on any atom is -0.492 e. The molecular formula is C30H35N2O5+. The highest BCUT2D eigenvalue weighted by Gasteiger charge is 2.41. The van der Waals surface area contributed by atoms with Crippen molar-refractivity contribution in [1.82, 2.24) is 9.38 Å². The van der Waals surface area contributed by atoms with Crippen LogP contribution in [-0.4, -0.2) is 63.5 Å². The molecule has 0 spiro atoms. The van der Waals surface area contributed by atoms with Crippen molar-refractivity contribution in [1.29, 1.82) is 0 Å². The number of hydrogen-bond donors (Lipinski definition) is 0. The summed E-state index contributed by atoms with van der Waals surface area (Å²) < 4.78 is 16.8. The molecular weight excluding hydrogens is 468 g/mol. The largest absolute Gasteiger partial charge is 0.492 e. The molecule has 194 valence electrons. The lowest BCUT2D eigenvalue weighted by Crippen LogP contribution is -2.56. The van der Waals surface area contributed by atoms with Crippen LogP contribution in [0.3, 0.4) is 0 Å². The van der Waals surface area contributed by atoms with E-state index in [-0.39, 0.29) is 11.9 Å². The molecule has 1 heterocycles. The van der Waals surface area contributed by atoms with Crippen molar-refractivity contribution in [3.8, 4) is 5.75 Å². The average Bonchev–Trinajstić information content (AvgIpc) is 2.92. The summed E-state index contributed by atoms with van der Waals surface area (Å²) in [4.78, 5) is 27.2. The van der Waals surface area contributed by atoms with Gasteiger partial charge in [0.25, 0.3) is 5.91 Å². The van der Waals surface area contributed by atoms with Gasteiger partial charge in [-0.25, -0.2) is 9.28 Å². The minimum absolute atomic E-state index is 0.0222. The number of esters is 1. The highest BCUT2D eigenvalue weighted by atomic mass is 16.6. The molecule has 7 heteroatoms. The molecule has 0 N–H and O–H groups in total. The lowest BCUT2D eigenvalue weighted by atomic mass is 10.0. The van der Waals surface area contributed by atoms with Crippen LogP contribution in [0.15, 0.2) is 72.8 Å². The first-order chi connectivity index (χ1) is 17.9. The molecule has 3 aromatic carbocycles. The fourth-order valence-corrected chi connectivity index (χ4v) is 4.81. The maximum atomic E-state index is 13.4. The molecule has 1 aliphatic heterocycles. The highest BCUT2D eigenvalue weighted by Crippen LogP contribution is 2.39. The Labute approximate surface area is 218 Å². The van der Waals surface area contributed by atoms with Crippen LogP contribution in [-0.2, 0) is 20.7 Å². The van der Waals surface area contributed by atoms with Crippen molar-refractivity contribution in [2.24, 2.45) is 0 Å². The number of carbonyl (C=O) groups excluding carboxylic acids is 2. The maximum Gasteiger partial charge on any atom is 0.335 e. The Bertz CT molecular complexity index is 1230. The van der Waals surface area contributed by atoms with Crippen LogP contribution in [0.2, 0.25) is 0 Å². The second kappa shape index (κ2) is 11.6. The van der Waals surface area contributed by atoms with Gasteiger partial charge in [-0.2, -0.15) is 0 Å². The first-order valence-electron chi connectivity index (χ1n) is 12.6. The van der Waals surface area contributed by atoms with E-state index >= 15 is 0 Å². The third-order valence-electron chi connectivity index (χ3n) is 6.79. The van der Waals surface area contributed by atoms with Gasteiger partial charge in [-0.3, -0.25) is 9.69 Å². The molecule has 0 aromatic heterocycles. The van der Waals surface area contributed by atoms with Crippen molar-refractivity contribution in [2.45, 2.75) is 26.4 Å². The molecule has 2 atom stereocenters. The minimum atomic E-state index is -0.629. The molecule has 0 saturated carbocycles. The number of aryl methyl sites for hydroxylation is 1. The molecule has 0 bridgehead atoms. The van der Waals surface area contributed by atoms with Gasteiger partial charge in [0.15, 0.2) is 18.5 Å². The zero-order valence-electron chi connectivity index (χ0n) is 22.0. The topological polar surface area (TPSA) is 65.1 Å². The Kier molecular flexibility index (Phi) is 8.26. The van der Waals surface area contributed by atoms with E-state index in [9.17, 15) is 9.59 Å². The van der Waals surface area contributed by atoms with E-state index in [2.05, 4.69) is 31.3 Å². The van der Waals surface area contributed by atoms with Crippen molar-refractivity contribution < 1.29 is 23.8 Å². The van der Waals surface area contributed by atoms with Crippen molar-refractivity contribution in [3.05, 3.63) is 89.5 Å². The second-order valence-electron chi connectivity index (χ2n) is 9.42. The van der Waals surface area contributed by atoms with Gasteiger partial charge >= 0.3 is 5.97 Å². The van der Waals surface area contributed by atoms with Gasteiger partial charge in [0.1, 0.15) is 23.6 Å². The average molecular weight is 504 g/mol. The Hall–Kier alpha value is -3.68. The fourth-order valence-electron chi connectivity index (χ4n) is 4.81. The third kappa shape index (κ3) is 5.84. The molecule has 4 rings (SSSR count). The summed E-state index contributed by atoms with van der Waals surface area (Å²) in [5.41, 5.74) is 4.87. The number of fused-ring (bicyclic) bond motifs is 1. The van der Waals surface area contributed by atoms with E-state index in [1.807, 2.05) is 67.3 Å². The van der Waals surface area contributed by atoms with E-state index < -0.39 is 6.10 Å². The number of methoxy groups -OCH3 is 1. The van der Waals surface area contributed by atoms with Gasteiger partial charge in [-0.15, -0.1) is 0 Å². The number of nitrogens with zero attached hydrogens (tertiary/aromatic N) is 2. The lowest BCUT2D eigenvalue weighted by Gasteiger charge is -2.42. The van der Waals surface area contributed by atoms with Gasteiger partial charge in [0.2, 0.25) is 0 Å². The van der Waals surface area contributed by atoms with Crippen molar-refractivity contribution in [3.63, 3.8) is 0 Å². The summed E-state index contributed by atoms with van der Waals surface area (Å²) in [5, 5.41) is 0. The van der Waals surface area contributed by atoms with E-state index in [1.165, 1.54) is 7.11 Å². The number of quaternary nitrogens is 1. The molecule has 3 aromatic rings. The van der Waals surface area contributed by atoms with Crippen LogP contribution in [0.4, 0.5) is 11.4 Å². The van der Waals surface area contributed by atoms with Crippen LogP contribution in [0.5, 0.6) is 5.75 Å². The quantitative estimate of drug-likeness (QED) is 0.292. The Balaban J connectivity index is 1.43. The van der Waals surface area contributed by atoms with Gasteiger partial charge in [-0.1, -0.05) is 36.4 Å². The van der Waals surface area contributed by atoms with E-state index in [4.69, 9.17) is 14.2 Å². The van der Waals surface area contributed by atoms with E-state index in [0.717, 1.165) is 28.1 Å². The van der Waals surface area contributed by atoms with Gasteiger partial charge in [0, 0.05) is 19.1 Å². The Morgan fingerprint density at radius 3 is 2.46 bits per heavy atom.